The maximum atomic E-state index is 11.7. The van der Waals surface area contributed by atoms with Crippen molar-refractivity contribution in [1.82, 2.24) is 5.32 Å². The van der Waals surface area contributed by atoms with Crippen molar-refractivity contribution in [3.63, 3.8) is 0 Å². The first-order chi connectivity index (χ1) is 7.79. The lowest BCUT2D eigenvalue weighted by Gasteiger charge is -2.23. The number of carbonyl (C=O) groups excluding carboxylic acids is 2. The zero-order chi connectivity index (χ0) is 13.1. The minimum atomic E-state index is -0.647. The molecule has 5 heteroatoms. The smallest absolute Gasteiger partial charge is 0.328 e. The highest BCUT2D eigenvalue weighted by Crippen LogP contribution is 2.13. The Morgan fingerprint density at radius 1 is 1.41 bits per heavy atom. The summed E-state index contributed by atoms with van der Waals surface area (Å²) < 4.78 is 10.4. The Labute approximate surface area is 102 Å². The second kappa shape index (κ2) is 5.49. The van der Waals surface area contributed by atoms with Crippen LogP contribution in [0.4, 0.5) is 0 Å². The molecule has 0 aromatic heterocycles. The van der Waals surface area contributed by atoms with Crippen LogP contribution in [-0.4, -0.2) is 36.2 Å². The van der Waals surface area contributed by atoms with E-state index in [0.29, 0.717) is 13.0 Å². The van der Waals surface area contributed by atoms with Crippen LogP contribution in [0.5, 0.6) is 0 Å². The summed E-state index contributed by atoms with van der Waals surface area (Å²) in [4.78, 5) is 23.3. The van der Waals surface area contributed by atoms with Crippen molar-refractivity contribution in [2.75, 3.05) is 6.61 Å². The number of nitrogens with one attached hydrogen (secondary N) is 1. The van der Waals surface area contributed by atoms with Crippen molar-refractivity contribution < 1.29 is 19.1 Å². The molecule has 1 fully saturated rings. The summed E-state index contributed by atoms with van der Waals surface area (Å²) in [5.41, 5.74) is -0.542. The first-order valence-electron chi connectivity index (χ1n) is 5.94. The lowest BCUT2D eigenvalue weighted by Crippen LogP contribution is -2.45. The highest BCUT2D eigenvalue weighted by atomic mass is 16.6. The summed E-state index contributed by atoms with van der Waals surface area (Å²) in [6, 6.07) is -0.647. The van der Waals surface area contributed by atoms with Gasteiger partial charge in [0.1, 0.15) is 17.7 Å². The fourth-order valence-corrected chi connectivity index (χ4v) is 1.54. The van der Waals surface area contributed by atoms with E-state index >= 15 is 0 Å². The van der Waals surface area contributed by atoms with Crippen molar-refractivity contribution in [1.29, 1.82) is 0 Å². The molecule has 0 spiro atoms. The molecule has 0 aliphatic carbocycles. The monoisotopic (exact) mass is 243 g/mol. The van der Waals surface area contributed by atoms with E-state index in [1.54, 1.807) is 27.7 Å². The van der Waals surface area contributed by atoms with Gasteiger partial charge in [-0.25, -0.2) is 4.79 Å². The predicted octanol–water partition coefficient (Wildman–Crippen LogP) is 1.01. The van der Waals surface area contributed by atoms with Gasteiger partial charge in [-0.1, -0.05) is 0 Å². The van der Waals surface area contributed by atoms with Crippen LogP contribution in [0.1, 0.15) is 40.5 Å². The lowest BCUT2D eigenvalue weighted by atomic mass is 10.2. The average Bonchev–Trinajstić information content (AvgIpc) is 2.67. The molecule has 2 atom stereocenters. The Balaban J connectivity index is 2.40. The summed E-state index contributed by atoms with van der Waals surface area (Å²) in [5.74, 6) is -0.662. The number of esters is 1. The fraction of sp³-hybridized carbons (Fsp3) is 0.833. The highest BCUT2D eigenvalue weighted by Gasteiger charge is 2.28. The standard InChI is InChI=1S/C12H21NO4/c1-8(11(15)17-12(2,3)4)13-10(14)9-6-5-7-16-9/h8-9H,5-7H2,1-4H3,(H,13,14)/t8-,9?/m0/s1. The Kier molecular flexibility index (Phi) is 4.51. The van der Waals surface area contributed by atoms with Crippen LogP contribution >= 0.6 is 0 Å². The topological polar surface area (TPSA) is 64.6 Å². The second-order valence-corrected chi connectivity index (χ2v) is 5.27. The van der Waals surface area contributed by atoms with Gasteiger partial charge >= 0.3 is 5.97 Å². The Morgan fingerprint density at radius 2 is 2.06 bits per heavy atom. The van der Waals surface area contributed by atoms with Crippen LogP contribution in [-0.2, 0) is 19.1 Å². The molecule has 0 saturated carbocycles. The van der Waals surface area contributed by atoms with Crippen LogP contribution in [0, 0.1) is 0 Å². The maximum Gasteiger partial charge on any atom is 0.328 e. The zero-order valence-corrected chi connectivity index (χ0v) is 10.9. The van der Waals surface area contributed by atoms with E-state index < -0.39 is 23.7 Å². The van der Waals surface area contributed by atoms with E-state index in [4.69, 9.17) is 9.47 Å². The van der Waals surface area contributed by atoms with Crippen molar-refractivity contribution in [3.05, 3.63) is 0 Å². The first kappa shape index (κ1) is 14.0. The fourth-order valence-electron chi connectivity index (χ4n) is 1.54. The number of amides is 1. The van der Waals surface area contributed by atoms with Gasteiger partial charge in [0.05, 0.1) is 0 Å². The van der Waals surface area contributed by atoms with Gasteiger partial charge in [-0.15, -0.1) is 0 Å². The molecule has 0 aromatic carbocycles. The third-order valence-corrected chi connectivity index (χ3v) is 2.34. The molecule has 1 heterocycles. The number of hydrogen-bond acceptors (Lipinski definition) is 4. The summed E-state index contributed by atoms with van der Waals surface area (Å²) in [6.07, 6.45) is 1.19. The lowest BCUT2D eigenvalue weighted by molar-refractivity contribution is -0.158. The molecule has 0 aromatic rings. The van der Waals surface area contributed by atoms with Gasteiger partial charge in [0, 0.05) is 6.61 Å². The van der Waals surface area contributed by atoms with Crippen LogP contribution in [0.25, 0.3) is 0 Å². The number of rotatable bonds is 3. The highest BCUT2D eigenvalue weighted by molar-refractivity contribution is 5.86. The first-order valence-corrected chi connectivity index (χ1v) is 5.94. The van der Waals surface area contributed by atoms with Gasteiger partial charge in [0.15, 0.2) is 0 Å². The molecular formula is C12H21NO4. The van der Waals surface area contributed by atoms with Crippen molar-refractivity contribution in [3.8, 4) is 0 Å². The molecule has 5 nitrogen and oxygen atoms in total. The molecule has 98 valence electrons. The van der Waals surface area contributed by atoms with E-state index in [-0.39, 0.29) is 5.91 Å². The molecular weight excluding hydrogens is 222 g/mol. The Hall–Kier alpha value is -1.10. The molecule has 0 radical (unpaired) electrons. The van der Waals surface area contributed by atoms with Gasteiger partial charge in [-0.2, -0.15) is 0 Å². The summed E-state index contributed by atoms with van der Waals surface area (Å²) in [6.45, 7) is 7.60. The van der Waals surface area contributed by atoms with E-state index in [0.717, 1.165) is 6.42 Å². The molecule has 1 amide bonds. The molecule has 1 aliphatic rings. The summed E-state index contributed by atoms with van der Waals surface area (Å²) in [7, 11) is 0. The van der Waals surface area contributed by atoms with Crippen LogP contribution in [0.2, 0.25) is 0 Å². The molecule has 1 N–H and O–H groups in total. The number of carbonyl (C=O) groups is 2. The van der Waals surface area contributed by atoms with Gasteiger partial charge in [-0.3, -0.25) is 4.79 Å². The van der Waals surface area contributed by atoms with Crippen molar-refractivity contribution >= 4 is 11.9 Å². The average molecular weight is 243 g/mol. The van der Waals surface area contributed by atoms with Gasteiger partial charge in [0.25, 0.3) is 0 Å². The SMILES string of the molecule is C[C@H](NC(=O)C1CCCO1)C(=O)OC(C)(C)C. The molecule has 1 saturated heterocycles. The minimum Gasteiger partial charge on any atom is -0.458 e. The van der Waals surface area contributed by atoms with Gasteiger partial charge < -0.3 is 14.8 Å². The zero-order valence-electron chi connectivity index (χ0n) is 10.9. The number of ether oxygens (including phenoxy) is 2. The van der Waals surface area contributed by atoms with Gasteiger partial charge in [-0.05, 0) is 40.5 Å². The van der Waals surface area contributed by atoms with Crippen LogP contribution in [0.3, 0.4) is 0 Å². The molecule has 1 unspecified atom stereocenters. The minimum absolute atomic E-state index is 0.235. The van der Waals surface area contributed by atoms with Crippen LogP contribution < -0.4 is 5.32 Å². The van der Waals surface area contributed by atoms with Crippen LogP contribution in [0.15, 0.2) is 0 Å². The van der Waals surface area contributed by atoms with E-state index in [1.165, 1.54) is 0 Å². The maximum absolute atomic E-state index is 11.7. The molecule has 17 heavy (non-hydrogen) atoms. The van der Waals surface area contributed by atoms with Gasteiger partial charge in [0.2, 0.25) is 5.91 Å². The third kappa shape index (κ3) is 4.73. The van der Waals surface area contributed by atoms with E-state index in [9.17, 15) is 9.59 Å². The predicted molar refractivity (Wildman–Crippen MR) is 62.4 cm³/mol. The van der Waals surface area contributed by atoms with Crippen molar-refractivity contribution in [2.24, 2.45) is 0 Å². The molecule has 1 rings (SSSR count). The normalized spacial score (nSPS) is 22.0. The van der Waals surface area contributed by atoms with E-state index in [2.05, 4.69) is 5.32 Å². The summed E-state index contributed by atoms with van der Waals surface area (Å²) in [5, 5.41) is 2.61. The van der Waals surface area contributed by atoms with E-state index in [1.807, 2.05) is 0 Å². The largest absolute Gasteiger partial charge is 0.458 e. The molecule has 1 aliphatic heterocycles. The second-order valence-electron chi connectivity index (χ2n) is 5.27. The quantitative estimate of drug-likeness (QED) is 0.751. The summed E-state index contributed by atoms with van der Waals surface area (Å²) >= 11 is 0. The Morgan fingerprint density at radius 3 is 2.53 bits per heavy atom. The third-order valence-electron chi connectivity index (χ3n) is 2.34. The Bertz CT molecular complexity index is 289. The molecule has 0 bridgehead atoms. The van der Waals surface area contributed by atoms with Crippen molar-refractivity contribution in [2.45, 2.75) is 58.3 Å². The number of hydrogen-bond donors (Lipinski definition) is 1.